The molecule has 1 saturated heterocycles. The Kier molecular flexibility index (Phi) is 8.48. The highest BCUT2D eigenvalue weighted by Crippen LogP contribution is 2.34. The number of likely N-dealkylation sites (tertiary alicyclic amines) is 1. The summed E-state index contributed by atoms with van der Waals surface area (Å²) in [5.41, 5.74) is 2.22. The van der Waals surface area contributed by atoms with Crippen LogP contribution in [0, 0.1) is 25.5 Å². The van der Waals surface area contributed by atoms with E-state index in [1.807, 2.05) is 6.92 Å². The minimum absolute atomic E-state index is 0.0570. The van der Waals surface area contributed by atoms with Gasteiger partial charge in [-0.1, -0.05) is 29.8 Å². The summed E-state index contributed by atoms with van der Waals surface area (Å²) >= 11 is 0. The number of halogens is 2. The molecule has 3 aromatic carbocycles. The Labute approximate surface area is 253 Å². The maximum absolute atomic E-state index is 13.8. The number of ether oxygens (including phenoxy) is 1. The van der Waals surface area contributed by atoms with E-state index >= 15 is 0 Å². The first-order valence-electron chi connectivity index (χ1n) is 14.3. The first-order chi connectivity index (χ1) is 21.1. The number of hydrogen-bond donors (Lipinski definition) is 0. The molecule has 230 valence electrons. The lowest BCUT2D eigenvalue weighted by Crippen LogP contribution is -2.42. The molecule has 12 heteroatoms. The highest BCUT2D eigenvalue weighted by atomic mass is 32.2. The number of furan rings is 1. The van der Waals surface area contributed by atoms with Gasteiger partial charge in [-0.3, -0.25) is 4.18 Å². The van der Waals surface area contributed by atoms with E-state index in [1.54, 1.807) is 49.4 Å². The minimum Gasteiger partial charge on any atom is -0.490 e. The van der Waals surface area contributed by atoms with Crippen LogP contribution >= 0.6 is 0 Å². The second kappa shape index (κ2) is 12.5. The Morgan fingerprint density at radius 2 is 1.73 bits per heavy atom. The van der Waals surface area contributed by atoms with E-state index in [9.17, 15) is 17.2 Å². The number of piperidine rings is 1. The average Bonchev–Trinajstić information content (AvgIpc) is 3.64. The van der Waals surface area contributed by atoms with Crippen LogP contribution in [-0.2, 0) is 14.3 Å². The van der Waals surface area contributed by atoms with Crippen molar-refractivity contribution in [2.45, 2.75) is 43.6 Å². The number of nitrogens with zero attached hydrogens (tertiary/aromatic N) is 3. The van der Waals surface area contributed by atoms with Gasteiger partial charge in [0.25, 0.3) is 16.0 Å². The Hall–Kier alpha value is -4.13. The molecule has 1 aliphatic heterocycles. The van der Waals surface area contributed by atoms with Gasteiger partial charge in [0.15, 0.2) is 17.4 Å². The fourth-order valence-corrected chi connectivity index (χ4v) is 6.45. The third-order valence-electron chi connectivity index (χ3n) is 7.72. The van der Waals surface area contributed by atoms with Gasteiger partial charge in [0.2, 0.25) is 5.89 Å². The molecule has 0 bridgehead atoms. The summed E-state index contributed by atoms with van der Waals surface area (Å²) in [6.45, 7) is 5.02. The van der Waals surface area contributed by atoms with E-state index in [4.69, 9.17) is 17.8 Å². The van der Waals surface area contributed by atoms with Crippen LogP contribution in [0.2, 0.25) is 0 Å². The van der Waals surface area contributed by atoms with Crippen LogP contribution in [0.5, 0.6) is 5.75 Å². The molecule has 6 rings (SSSR count). The third kappa shape index (κ3) is 6.67. The van der Waals surface area contributed by atoms with Crippen LogP contribution in [-0.4, -0.2) is 55.9 Å². The maximum atomic E-state index is 13.8. The molecule has 0 radical (unpaired) electrons. The molecular weight excluding hydrogens is 592 g/mol. The molecule has 1 fully saturated rings. The van der Waals surface area contributed by atoms with Crippen molar-refractivity contribution < 1.29 is 35.0 Å². The minimum atomic E-state index is -4.10. The molecule has 5 aromatic rings. The fourth-order valence-electron chi connectivity index (χ4n) is 5.40. The lowest BCUT2D eigenvalue weighted by molar-refractivity contribution is 0.0807. The van der Waals surface area contributed by atoms with Gasteiger partial charge in [-0.25, -0.2) is 8.78 Å². The number of rotatable bonds is 10. The van der Waals surface area contributed by atoms with Gasteiger partial charge in [0.1, 0.15) is 24.0 Å². The third-order valence-corrected chi connectivity index (χ3v) is 9.09. The van der Waals surface area contributed by atoms with Crippen LogP contribution in [0.3, 0.4) is 0 Å². The van der Waals surface area contributed by atoms with Crippen molar-refractivity contribution in [2.75, 3.05) is 26.2 Å². The lowest BCUT2D eigenvalue weighted by atomic mass is 9.89. The molecule has 2 aromatic heterocycles. The molecule has 1 aliphatic rings. The van der Waals surface area contributed by atoms with Crippen molar-refractivity contribution in [3.8, 4) is 17.4 Å². The molecule has 9 nitrogen and oxygen atoms in total. The SMILES string of the molecule is Cc1ccc(S(=O)(=O)O[C@H](COc2cccc3oc(-c4nnc(C)o4)cc23)CN2CCC(c3ccc(F)c(F)c3)CC2)cc1. The monoisotopic (exact) mass is 623 g/mol. The molecule has 0 unspecified atom stereocenters. The first-order valence-corrected chi connectivity index (χ1v) is 15.7. The normalized spacial score (nSPS) is 15.5. The van der Waals surface area contributed by atoms with Crippen LogP contribution < -0.4 is 4.74 Å². The summed E-state index contributed by atoms with van der Waals surface area (Å²) in [5, 5.41) is 8.51. The highest BCUT2D eigenvalue weighted by molar-refractivity contribution is 7.86. The van der Waals surface area contributed by atoms with Crippen molar-refractivity contribution in [3.05, 3.63) is 95.4 Å². The second-order valence-electron chi connectivity index (χ2n) is 10.9. The van der Waals surface area contributed by atoms with Gasteiger partial charge < -0.3 is 18.5 Å². The molecule has 3 heterocycles. The Morgan fingerprint density at radius 1 is 0.955 bits per heavy atom. The van der Waals surface area contributed by atoms with Gasteiger partial charge >= 0.3 is 0 Å². The Bertz CT molecular complexity index is 1860. The van der Waals surface area contributed by atoms with E-state index < -0.39 is 27.9 Å². The number of fused-ring (bicyclic) bond motifs is 1. The van der Waals surface area contributed by atoms with Crippen LogP contribution in [0.1, 0.15) is 35.8 Å². The van der Waals surface area contributed by atoms with E-state index in [2.05, 4.69) is 15.1 Å². The lowest BCUT2D eigenvalue weighted by Gasteiger charge is -2.34. The Balaban J connectivity index is 1.19. The zero-order valence-electron chi connectivity index (χ0n) is 24.2. The quantitative estimate of drug-likeness (QED) is 0.163. The fraction of sp³-hybridized carbons (Fsp3) is 0.312. The predicted octanol–water partition coefficient (Wildman–Crippen LogP) is 6.41. The van der Waals surface area contributed by atoms with Crippen molar-refractivity contribution in [1.82, 2.24) is 15.1 Å². The topological polar surface area (TPSA) is 108 Å². The average molecular weight is 624 g/mol. The molecule has 0 N–H and O–H groups in total. The van der Waals surface area contributed by atoms with Crippen molar-refractivity contribution >= 4 is 21.1 Å². The second-order valence-corrected chi connectivity index (χ2v) is 12.5. The molecule has 44 heavy (non-hydrogen) atoms. The van der Waals surface area contributed by atoms with Crippen LogP contribution in [0.4, 0.5) is 8.78 Å². The van der Waals surface area contributed by atoms with Gasteiger partial charge in [-0.2, -0.15) is 8.42 Å². The summed E-state index contributed by atoms with van der Waals surface area (Å²) < 4.78 is 77.1. The summed E-state index contributed by atoms with van der Waals surface area (Å²) in [6, 6.07) is 17.5. The van der Waals surface area contributed by atoms with Crippen molar-refractivity contribution in [3.63, 3.8) is 0 Å². The highest BCUT2D eigenvalue weighted by Gasteiger charge is 2.28. The summed E-state index contributed by atoms with van der Waals surface area (Å²) in [4.78, 5) is 2.16. The molecule has 1 atom stereocenters. The molecule has 0 spiro atoms. The van der Waals surface area contributed by atoms with E-state index in [0.29, 0.717) is 54.3 Å². The van der Waals surface area contributed by atoms with Gasteiger partial charge in [0.05, 0.1) is 10.3 Å². The Morgan fingerprint density at radius 3 is 2.43 bits per heavy atom. The van der Waals surface area contributed by atoms with E-state index in [-0.39, 0.29) is 29.9 Å². The first kappa shape index (κ1) is 29.9. The number of benzene rings is 3. The molecule has 0 saturated carbocycles. The maximum Gasteiger partial charge on any atom is 0.297 e. The molecular formula is C32H31F2N3O6S. The number of aryl methyl sites for hydroxylation is 2. The zero-order chi connectivity index (χ0) is 30.8. The number of hydrogen-bond acceptors (Lipinski definition) is 9. The largest absolute Gasteiger partial charge is 0.490 e. The standard InChI is InChI=1S/C32H31F2N3O6S/c1-20-6-9-25(10-7-20)44(38,39)43-24(18-37-14-12-22(13-15-37)23-8-11-27(33)28(34)16-23)19-40-29-4-3-5-30-26(29)17-31(42-30)32-36-35-21(2)41-32/h3-11,16-17,22,24H,12-15,18-19H2,1-2H3/t24-/m0/s1. The van der Waals surface area contributed by atoms with Crippen molar-refractivity contribution in [2.24, 2.45) is 0 Å². The summed E-state index contributed by atoms with van der Waals surface area (Å²) in [5.74, 6) is -0.148. The summed E-state index contributed by atoms with van der Waals surface area (Å²) in [7, 11) is -4.10. The van der Waals surface area contributed by atoms with Gasteiger partial charge in [-0.15, -0.1) is 10.2 Å². The van der Waals surface area contributed by atoms with Crippen LogP contribution in [0.15, 0.2) is 80.5 Å². The molecule has 0 aliphatic carbocycles. The summed E-state index contributed by atoms with van der Waals surface area (Å²) in [6.07, 6.45) is 0.562. The van der Waals surface area contributed by atoms with E-state index in [0.717, 1.165) is 17.2 Å². The van der Waals surface area contributed by atoms with Gasteiger partial charge in [0, 0.05) is 19.5 Å². The zero-order valence-corrected chi connectivity index (χ0v) is 25.0. The van der Waals surface area contributed by atoms with Crippen molar-refractivity contribution in [1.29, 1.82) is 0 Å². The van der Waals surface area contributed by atoms with E-state index in [1.165, 1.54) is 18.2 Å². The smallest absolute Gasteiger partial charge is 0.297 e. The predicted molar refractivity (Wildman–Crippen MR) is 158 cm³/mol. The van der Waals surface area contributed by atoms with Gasteiger partial charge in [-0.05, 0) is 80.7 Å². The van der Waals surface area contributed by atoms with Crippen LogP contribution in [0.25, 0.3) is 22.6 Å². The number of aromatic nitrogens is 2. The molecule has 0 amide bonds.